The molecule has 0 aromatic heterocycles. The smallest absolute Gasteiger partial charge is 0.272 e. The van der Waals surface area contributed by atoms with Crippen LogP contribution >= 0.6 is 15.9 Å². The van der Waals surface area contributed by atoms with Crippen molar-refractivity contribution in [1.82, 2.24) is 0 Å². The van der Waals surface area contributed by atoms with Crippen LogP contribution in [0.3, 0.4) is 0 Å². The van der Waals surface area contributed by atoms with Gasteiger partial charge in [-0.3, -0.25) is 0 Å². The molecule has 14 heavy (non-hydrogen) atoms. The maximum atomic E-state index is 11.9. The van der Waals surface area contributed by atoms with E-state index in [1.54, 1.807) is 6.07 Å². The maximum absolute atomic E-state index is 11.9. The molecule has 0 spiro atoms. The van der Waals surface area contributed by atoms with Crippen LogP contribution in [0.1, 0.15) is 11.1 Å². The zero-order chi connectivity index (χ0) is 10.7. The number of aryl methyl sites for hydroxylation is 2. The van der Waals surface area contributed by atoms with Gasteiger partial charge in [-0.1, -0.05) is 15.9 Å². The van der Waals surface area contributed by atoms with Crippen molar-refractivity contribution in [2.45, 2.75) is 20.3 Å². The summed E-state index contributed by atoms with van der Waals surface area (Å²) >= 11 is 3.36. The number of halogens is 3. The van der Waals surface area contributed by atoms with Crippen molar-refractivity contribution < 1.29 is 13.5 Å². The molecule has 0 radical (unpaired) electrons. The molecule has 1 nitrogen and oxygen atoms in total. The van der Waals surface area contributed by atoms with Crippen molar-refractivity contribution >= 4 is 15.9 Å². The van der Waals surface area contributed by atoms with Gasteiger partial charge in [-0.15, -0.1) is 0 Å². The summed E-state index contributed by atoms with van der Waals surface area (Å²) in [7, 11) is 0. The Morgan fingerprint density at radius 3 is 2.50 bits per heavy atom. The third kappa shape index (κ3) is 2.94. The van der Waals surface area contributed by atoms with Crippen LogP contribution in [0.5, 0.6) is 5.75 Å². The fourth-order valence-electron chi connectivity index (χ4n) is 1.06. The molecule has 78 valence electrons. The van der Waals surface area contributed by atoms with Crippen LogP contribution in [0.25, 0.3) is 0 Å². The molecule has 0 aliphatic rings. The molecule has 0 N–H and O–H groups in total. The van der Waals surface area contributed by atoms with E-state index in [-0.39, 0.29) is 0 Å². The van der Waals surface area contributed by atoms with Crippen molar-refractivity contribution in [1.29, 1.82) is 0 Å². The Balaban J connectivity index is 2.82. The molecule has 0 saturated carbocycles. The molecule has 0 atom stereocenters. The van der Waals surface area contributed by atoms with Gasteiger partial charge in [-0.05, 0) is 37.1 Å². The molecule has 0 amide bonds. The average molecular weight is 265 g/mol. The van der Waals surface area contributed by atoms with E-state index in [0.29, 0.717) is 5.75 Å². The summed E-state index contributed by atoms with van der Waals surface area (Å²) in [5.41, 5.74) is 1.82. The van der Waals surface area contributed by atoms with Gasteiger partial charge in [0.1, 0.15) is 12.4 Å². The van der Waals surface area contributed by atoms with Gasteiger partial charge in [0.15, 0.2) is 0 Å². The van der Waals surface area contributed by atoms with E-state index in [4.69, 9.17) is 4.74 Å². The highest BCUT2D eigenvalue weighted by Crippen LogP contribution is 2.26. The number of hydrogen-bond acceptors (Lipinski definition) is 1. The predicted molar refractivity (Wildman–Crippen MR) is 55.1 cm³/mol. The van der Waals surface area contributed by atoms with E-state index in [2.05, 4.69) is 15.9 Å². The fraction of sp³-hybridized carbons (Fsp3) is 0.400. The van der Waals surface area contributed by atoms with Crippen molar-refractivity contribution in [3.05, 3.63) is 27.7 Å². The van der Waals surface area contributed by atoms with Crippen LogP contribution in [-0.2, 0) is 0 Å². The number of hydrogen-bond donors (Lipinski definition) is 0. The van der Waals surface area contributed by atoms with Gasteiger partial charge < -0.3 is 4.74 Å². The number of rotatable bonds is 3. The largest absolute Gasteiger partial charge is 0.487 e. The summed E-state index contributed by atoms with van der Waals surface area (Å²) in [6.45, 7) is 3.16. The molecule has 1 aromatic rings. The van der Waals surface area contributed by atoms with Crippen LogP contribution < -0.4 is 4.74 Å². The summed E-state index contributed by atoms with van der Waals surface area (Å²) in [5, 5.41) is 0. The Labute approximate surface area is 90.2 Å². The first-order chi connectivity index (χ1) is 6.50. The molecule has 4 heteroatoms. The van der Waals surface area contributed by atoms with Crippen molar-refractivity contribution in [3.8, 4) is 5.75 Å². The Bertz CT molecular complexity index is 326. The van der Waals surface area contributed by atoms with Crippen LogP contribution in [-0.4, -0.2) is 13.0 Å². The fourth-order valence-corrected chi connectivity index (χ4v) is 1.52. The van der Waals surface area contributed by atoms with Crippen LogP contribution in [0.2, 0.25) is 0 Å². The lowest BCUT2D eigenvalue weighted by Crippen LogP contribution is -2.07. The summed E-state index contributed by atoms with van der Waals surface area (Å²) in [6, 6.07) is 3.61. The lowest BCUT2D eigenvalue weighted by Gasteiger charge is -2.10. The first kappa shape index (κ1) is 11.4. The third-order valence-electron chi connectivity index (χ3n) is 1.82. The summed E-state index contributed by atoms with van der Waals surface area (Å²) in [6.07, 6.45) is -2.43. The second-order valence-electron chi connectivity index (χ2n) is 3.07. The Hall–Kier alpha value is -0.640. The van der Waals surface area contributed by atoms with Gasteiger partial charge in [-0.25, -0.2) is 8.78 Å². The van der Waals surface area contributed by atoms with Crippen molar-refractivity contribution in [3.63, 3.8) is 0 Å². The number of ether oxygens (including phenoxy) is 1. The minimum atomic E-state index is -2.43. The highest BCUT2D eigenvalue weighted by Gasteiger charge is 2.07. The van der Waals surface area contributed by atoms with Gasteiger partial charge >= 0.3 is 0 Å². The highest BCUT2D eigenvalue weighted by molar-refractivity contribution is 9.10. The van der Waals surface area contributed by atoms with Crippen LogP contribution in [0.15, 0.2) is 16.6 Å². The Morgan fingerprint density at radius 2 is 1.93 bits per heavy atom. The van der Waals surface area contributed by atoms with E-state index >= 15 is 0 Å². The average Bonchev–Trinajstić information content (AvgIpc) is 2.09. The van der Waals surface area contributed by atoms with E-state index in [1.165, 1.54) is 0 Å². The van der Waals surface area contributed by atoms with Gasteiger partial charge in [0.25, 0.3) is 6.43 Å². The van der Waals surface area contributed by atoms with E-state index < -0.39 is 13.0 Å². The zero-order valence-electron chi connectivity index (χ0n) is 7.98. The predicted octanol–water partition coefficient (Wildman–Crippen LogP) is 3.71. The lowest BCUT2D eigenvalue weighted by atomic mass is 10.1. The molecule has 1 rings (SSSR count). The van der Waals surface area contributed by atoms with Crippen LogP contribution in [0, 0.1) is 13.8 Å². The topological polar surface area (TPSA) is 9.23 Å². The minimum Gasteiger partial charge on any atom is -0.487 e. The van der Waals surface area contributed by atoms with E-state index in [0.717, 1.165) is 15.6 Å². The lowest BCUT2D eigenvalue weighted by molar-refractivity contribution is 0.0815. The molecule has 0 aliphatic heterocycles. The monoisotopic (exact) mass is 264 g/mol. The number of benzene rings is 1. The highest BCUT2D eigenvalue weighted by atomic mass is 79.9. The molecule has 0 heterocycles. The van der Waals surface area contributed by atoms with Gasteiger partial charge in [0, 0.05) is 4.47 Å². The number of alkyl halides is 2. The second kappa shape index (κ2) is 4.73. The molecular formula is C10H11BrF2O. The van der Waals surface area contributed by atoms with Gasteiger partial charge in [0.2, 0.25) is 0 Å². The molecule has 0 bridgehead atoms. The van der Waals surface area contributed by atoms with Crippen LogP contribution in [0.4, 0.5) is 8.78 Å². The first-order valence-electron chi connectivity index (χ1n) is 4.18. The molecule has 0 saturated heterocycles. The SMILES string of the molecule is Cc1cc(OCC(F)F)c(C)cc1Br. The second-order valence-corrected chi connectivity index (χ2v) is 3.92. The molecular weight excluding hydrogens is 254 g/mol. The molecule has 0 aliphatic carbocycles. The van der Waals surface area contributed by atoms with Gasteiger partial charge in [0.05, 0.1) is 0 Å². The summed E-state index contributed by atoms with van der Waals surface area (Å²) < 4.78 is 29.7. The normalized spacial score (nSPS) is 10.7. The minimum absolute atomic E-state index is 0.519. The molecule has 1 aromatic carbocycles. The Morgan fingerprint density at radius 1 is 1.29 bits per heavy atom. The van der Waals surface area contributed by atoms with E-state index in [1.807, 2.05) is 19.9 Å². The summed E-state index contributed by atoms with van der Waals surface area (Å²) in [5.74, 6) is 0.519. The Kier molecular flexibility index (Phi) is 3.86. The molecule has 0 fully saturated rings. The standard InChI is InChI=1S/C10H11BrF2O/c1-6-4-9(14-5-10(12)13)7(2)3-8(6)11/h3-4,10H,5H2,1-2H3. The quantitative estimate of drug-likeness (QED) is 0.809. The summed E-state index contributed by atoms with van der Waals surface area (Å²) in [4.78, 5) is 0. The maximum Gasteiger partial charge on any atom is 0.272 e. The first-order valence-corrected chi connectivity index (χ1v) is 4.97. The van der Waals surface area contributed by atoms with E-state index in [9.17, 15) is 8.78 Å². The van der Waals surface area contributed by atoms with Gasteiger partial charge in [-0.2, -0.15) is 0 Å². The zero-order valence-corrected chi connectivity index (χ0v) is 9.57. The van der Waals surface area contributed by atoms with Crippen molar-refractivity contribution in [2.75, 3.05) is 6.61 Å². The third-order valence-corrected chi connectivity index (χ3v) is 2.68. The van der Waals surface area contributed by atoms with Crippen molar-refractivity contribution in [2.24, 2.45) is 0 Å². The molecule has 0 unspecified atom stereocenters.